The van der Waals surface area contributed by atoms with E-state index in [0.29, 0.717) is 28.8 Å². The summed E-state index contributed by atoms with van der Waals surface area (Å²) >= 11 is 0. The number of ether oxygens (including phenoxy) is 3. The Hall–Kier alpha value is -2.72. The molecule has 5 N–H and O–H groups in total. The summed E-state index contributed by atoms with van der Waals surface area (Å²) in [7, 11) is -4.06. The van der Waals surface area contributed by atoms with Crippen LogP contribution in [0.15, 0.2) is 6.33 Å². The van der Waals surface area contributed by atoms with Crippen molar-refractivity contribution in [1.82, 2.24) is 29.7 Å². The van der Waals surface area contributed by atoms with Crippen LogP contribution < -0.4 is 15.5 Å². The molecule has 1 saturated carbocycles. The molecule has 4 atom stereocenters. The van der Waals surface area contributed by atoms with Crippen LogP contribution in [0, 0.1) is 6.92 Å². The molecule has 17 heteroatoms. The molecular formula is C23H36N7O9P. The number of aliphatic hydroxyl groups excluding tert-OH is 1. The maximum Gasteiger partial charge on any atom is 0.341 e. The first kappa shape index (κ1) is 30.2. The van der Waals surface area contributed by atoms with Gasteiger partial charge in [-0.2, -0.15) is 0 Å². The fraction of sp³-hybridized carbons (Fsp3) is 0.696. The average Bonchev–Trinajstić information content (AvgIpc) is 3.57. The fourth-order valence-corrected chi connectivity index (χ4v) is 5.51. The van der Waals surface area contributed by atoms with Crippen LogP contribution in [0.4, 0.5) is 5.82 Å². The molecule has 2 aromatic heterocycles. The Kier molecular flexibility index (Phi) is 9.40. The number of anilines is 1. The largest absolute Gasteiger partial charge is 0.465 e. The van der Waals surface area contributed by atoms with Crippen LogP contribution in [0.5, 0.6) is 0 Å². The summed E-state index contributed by atoms with van der Waals surface area (Å²) < 4.78 is 36.1. The molecule has 2 aromatic rings. The molecule has 2 fully saturated rings. The molecule has 0 aromatic carbocycles. The highest BCUT2D eigenvalue weighted by atomic mass is 31.2. The molecule has 4 rings (SSSR count). The molecule has 40 heavy (non-hydrogen) atoms. The highest BCUT2D eigenvalue weighted by Gasteiger charge is 2.54. The van der Waals surface area contributed by atoms with Gasteiger partial charge in [-0.25, -0.2) is 25.1 Å². The lowest BCUT2D eigenvalue weighted by atomic mass is 9.96. The van der Waals surface area contributed by atoms with Gasteiger partial charge in [0.05, 0.1) is 26.1 Å². The van der Waals surface area contributed by atoms with Gasteiger partial charge in [0.2, 0.25) is 0 Å². The third-order valence-electron chi connectivity index (χ3n) is 6.35. The van der Waals surface area contributed by atoms with E-state index in [1.54, 1.807) is 20.8 Å². The van der Waals surface area contributed by atoms with Crippen molar-refractivity contribution >= 4 is 36.6 Å². The smallest absolute Gasteiger partial charge is 0.341 e. The number of rotatable bonds is 14. The van der Waals surface area contributed by atoms with E-state index >= 15 is 0 Å². The van der Waals surface area contributed by atoms with E-state index in [1.165, 1.54) is 17.8 Å². The summed E-state index contributed by atoms with van der Waals surface area (Å²) in [5, 5.41) is 30.4. The van der Waals surface area contributed by atoms with Crippen molar-refractivity contribution in [3.63, 3.8) is 0 Å². The minimum Gasteiger partial charge on any atom is -0.465 e. The molecule has 1 unspecified atom stereocenters. The number of fused-ring (bicyclic) bond motifs is 1. The molecule has 3 heterocycles. The summed E-state index contributed by atoms with van der Waals surface area (Å²) in [4.78, 5) is 37.0. The quantitative estimate of drug-likeness (QED) is 0.148. The number of hydrogen-bond acceptors (Lipinski definition) is 13. The predicted molar refractivity (Wildman–Crippen MR) is 140 cm³/mol. The van der Waals surface area contributed by atoms with Crippen LogP contribution in [0.3, 0.4) is 0 Å². The zero-order valence-corrected chi connectivity index (χ0v) is 23.7. The van der Waals surface area contributed by atoms with E-state index < -0.39 is 63.3 Å². The number of hydrogen-bond donors (Lipinski definition) is 5. The number of carbonyl (C=O) groups excluding carboxylic acids is 2. The topological polar surface area (TPSA) is 208 Å². The molecule has 1 aliphatic carbocycles. The minimum atomic E-state index is -4.06. The first-order valence-corrected chi connectivity index (χ1v) is 14.7. The number of nitrogens with zero attached hydrogens (tertiary/aromatic N) is 4. The molecule has 2 aliphatic rings. The number of esters is 2. The second kappa shape index (κ2) is 12.4. The highest BCUT2D eigenvalue weighted by Crippen LogP contribution is 2.43. The summed E-state index contributed by atoms with van der Waals surface area (Å²) in [6.07, 6.45) is -0.265. The van der Waals surface area contributed by atoms with Gasteiger partial charge in [-0.15, -0.1) is 0 Å². The Morgan fingerprint density at radius 2 is 1.80 bits per heavy atom. The lowest BCUT2D eigenvalue weighted by Gasteiger charge is -2.27. The number of carbonyl (C=O) groups is 2. The minimum absolute atomic E-state index is 0.117. The van der Waals surface area contributed by atoms with E-state index in [2.05, 4.69) is 30.4 Å². The lowest BCUT2D eigenvalue weighted by molar-refractivity contribution is -0.142. The number of aliphatic hydroxyl groups is 2. The number of aromatic nitrogens is 4. The summed E-state index contributed by atoms with van der Waals surface area (Å²) in [5.41, 5.74) is -0.944. The fourth-order valence-electron chi connectivity index (χ4n) is 4.18. The van der Waals surface area contributed by atoms with Crippen molar-refractivity contribution in [2.75, 3.05) is 38.2 Å². The number of nitrogens with one attached hydrogen (secondary N) is 3. The van der Waals surface area contributed by atoms with Gasteiger partial charge in [0, 0.05) is 6.04 Å². The van der Waals surface area contributed by atoms with Gasteiger partial charge < -0.3 is 34.3 Å². The van der Waals surface area contributed by atoms with Crippen molar-refractivity contribution in [2.24, 2.45) is 0 Å². The van der Waals surface area contributed by atoms with Gasteiger partial charge in [0.15, 0.2) is 23.2 Å². The van der Waals surface area contributed by atoms with Gasteiger partial charge in [-0.3, -0.25) is 18.7 Å². The van der Waals surface area contributed by atoms with Gasteiger partial charge in [0.25, 0.3) is 0 Å². The normalized spacial score (nSPS) is 24.8. The predicted octanol–water partition coefficient (Wildman–Crippen LogP) is 0.148. The zero-order chi connectivity index (χ0) is 29.1. The highest BCUT2D eigenvalue weighted by molar-refractivity contribution is 7.54. The molecule has 0 spiro atoms. The molecule has 0 radical (unpaired) electrons. The van der Waals surface area contributed by atoms with Crippen LogP contribution >= 0.6 is 7.67 Å². The van der Waals surface area contributed by atoms with Crippen LogP contribution in [0.25, 0.3) is 11.2 Å². The van der Waals surface area contributed by atoms with Gasteiger partial charge in [-0.05, 0) is 40.5 Å². The first-order valence-electron chi connectivity index (χ1n) is 13.1. The third-order valence-corrected chi connectivity index (χ3v) is 8.01. The van der Waals surface area contributed by atoms with E-state index in [0.717, 1.165) is 12.8 Å². The SMILES string of the molecule is CCOC(=O)CNP(=O)(NCC(=O)OCC)OC[C@H]1O[C@@H](n2cnc3c(NC4CC4)nc(C)nc32)C(C)(O)[C@H]1O. The van der Waals surface area contributed by atoms with Crippen LogP contribution in [-0.4, -0.2) is 98.4 Å². The van der Waals surface area contributed by atoms with Crippen LogP contribution in [-0.2, 0) is 32.9 Å². The maximum absolute atomic E-state index is 13.4. The van der Waals surface area contributed by atoms with Gasteiger partial charge >= 0.3 is 19.6 Å². The maximum atomic E-state index is 13.4. The van der Waals surface area contributed by atoms with E-state index in [9.17, 15) is 24.4 Å². The van der Waals surface area contributed by atoms with Crippen molar-refractivity contribution < 1.29 is 43.1 Å². The van der Waals surface area contributed by atoms with Gasteiger partial charge in [0.1, 0.15) is 36.7 Å². The number of aryl methyl sites for hydroxylation is 1. The Morgan fingerprint density at radius 3 is 2.38 bits per heavy atom. The average molecular weight is 586 g/mol. The molecule has 16 nitrogen and oxygen atoms in total. The Bertz CT molecular complexity index is 1240. The summed E-state index contributed by atoms with van der Waals surface area (Å²) in [6, 6.07) is 0.322. The van der Waals surface area contributed by atoms with Crippen molar-refractivity contribution in [3.05, 3.63) is 12.2 Å². The Labute approximate surface area is 230 Å². The van der Waals surface area contributed by atoms with Crippen molar-refractivity contribution in [1.29, 1.82) is 0 Å². The molecule has 1 saturated heterocycles. The van der Waals surface area contributed by atoms with E-state index in [4.69, 9.17) is 18.7 Å². The summed E-state index contributed by atoms with van der Waals surface area (Å²) in [5.74, 6) is -0.326. The Balaban J connectivity index is 1.50. The van der Waals surface area contributed by atoms with Crippen molar-refractivity contribution in [3.8, 4) is 0 Å². The second-order valence-corrected chi connectivity index (χ2v) is 11.7. The molecular weight excluding hydrogens is 549 g/mol. The molecule has 0 bridgehead atoms. The van der Waals surface area contributed by atoms with E-state index in [1.807, 2.05) is 0 Å². The van der Waals surface area contributed by atoms with Crippen LogP contribution in [0.1, 0.15) is 45.7 Å². The van der Waals surface area contributed by atoms with E-state index in [-0.39, 0.29) is 13.2 Å². The first-order chi connectivity index (χ1) is 19.0. The number of imidazole rings is 1. The standard InChI is InChI=1S/C23H36N7O9P/c1-5-36-16(31)9-25-40(35,26-10-17(32)37-6-2)38-11-15-19(33)23(4,34)22(39-15)30-12-24-18-20(29-14-7-8-14)27-13(3)28-21(18)30/h12,14-15,19,22,33-34H,5-11H2,1-4H3,(H2,25,26,35)(H,27,28,29)/t15-,19+,22-,23?/m1/s1. The lowest BCUT2D eigenvalue weighted by Crippen LogP contribution is -2.44. The van der Waals surface area contributed by atoms with Crippen LogP contribution in [0.2, 0.25) is 0 Å². The summed E-state index contributed by atoms with van der Waals surface area (Å²) in [6.45, 7) is 5.16. The monoisotopic (exact) mass is 585 g/mol. The third kappa shape index (κ3) is 6.94. The Morgan fingerprint density at radius 1 is 1.18 bits per heavy atom. The molecule has 222 valence electrons. The second-order valence-electron chi connectivity index (χ2n) is 9.69. The molecule has 0 amide bonds. The zero-order valence-electron chi connectivity index (χ0n) is 22.8. The van der Waals surface area contributed by atoms with Crippen molar-refractivity contribution in [2.45, 2.75) is 70.6 Å². The molecule has 1 aliphatic heterocycles. The van der Waals surface area contributed by atoms with Gasteiger partial charge in [-0.1, -0.05) is 0 Å².